The van der Waals surface area contributed by atoms with Gasteiger partial charge in [0.2, 0.25) is 0 Å². The molecule has 0 atom stereocenters. The van der Waals surface area contributed by atoms with E-state index >= 15 is 0 Å². The largest absolute Gasteiger partial charge is 0.416 e. The van der Waals surface area contributed by atoms with Crippen molar-refractivity contribution in [2.45, 2.75) is 6.18 Å². The van der Waals surface area contributed by atoms with Crippen LogP contribution in [0.5, 0.6) is 0 Å². The standard InChI is InChI=1S/C21H14F3IN2O2/c22-21(23,24)14-6-4-8-16(12-14)26-20(29)17-9-1-2-10-18(17)27-19(28)13-5-3-7-15(25)11-13/h1-12H,(H,26,29)(H,27,28). The van der Waals surface area contributed by atoms with E-state index in [0.717, 1.165) is 15.7 Å². The molecule has 3 aromatic carbocycles. The Hall–Kier alpha value is -2.88. The summed E-state index contributed by atoms with van der Waals surface area (Å²) in [4.78, 5) is 25.1. The molecular weight excluding hydrogens is 496 g/mol. The van der Waals surface area contributed by atoms with Crippen LogP contribution in [0.25, 0.3) is 0 Å². The van der Waals surface area contributed by atoms with Gasteiger partial charge in [-0.3, -0.25) is 9.59 Å². The van der Waals surface area contributed by atoms with Crippen molar-refractivity contribution in [2.24, 2.45) is 0 Å². The van der Waals surface area contributed by atoms with E-state index in [9.17, 15) is 22.8 Å². The maximum Gasteiger partial charge on any atom is 0.416 e. The van der Waals surface area contributed by atoms with Crippen molar-refractivity contribution in [3.63, 3.8) is 0 Å². The lowest BCUT2D eigenvalue weighted by Crippen LogP contribution is -2.18. The Morgan fingerprint density at radius 1 is 0.793 bits per heavy atom. The van der Waals surface area contributed by atoms with Crippen LogP contribution in [-0.4, -0.2) is 11.8 Å². The summed E-state index contributed by atoms with van der Waals surface area (Å²) < 4.78 is 39.5. The molecule has 3 aromatic rings. The molecule has 0 bridgehead atoms. The van der Waals surface area contributed by atoms with Crippen molar-refractivity contribution in [1.82, 2.24) is 0 Å². The maximum absolute atomic E-state index is 12.9. The summed E-state index contributed by atoms with van der Waals surface area (Å²) >= 11 is 2.08. The van der Waals surface area contributed by atoms with E-state index in [1.807, 2.05) is 6.07 Å². The number of carbonyl (C=O) groups is 2. The minimum absolute atomic E-state index is 0.00330. The second-order valence-electron chi connectivity index (χ2n) is 6.04. The lowest BCUT2D eigenvalue weighted by atomic mass is 10.1. The molecule has 0 heterocycles. The van der Waals surface area contributed by atoms with Gasteiger partial charge in [0.15, 0.2) is 0 Å². The van der Waals surface area contributed by atoms with E-state index < -0.39 is 23.6 Å². The first-order chi connectivity index (χ1) is 13.7. The Balaban J connectivity index is 1.81. The van der Waals surface area contributed by atoms with Crippen LogP contribution in [0.15, 0.2) is 72.8 Å². The van der Waals surface area contributed by atoms with Gasteiger partial charge < -0.3 is 10.6 Å². The lowest BCUT2D eigenvalue weighted by Gasteiger charge is -2.13. The quantitative estimate of drug-likeness (QED) is 0.435. The van der Waals surface area contributed by atoms with Crippen LogP contribution in [0.1, 0.15) is 26.3 Å². The third-order valence-corrected chi connectivity index (χ3v) is 4.63. The molecular formula is C21H14F3IN2O2. The molecule has 0 saturated heterocycles. The zero-order valence-corrected chi connectivity index (χ0v) is 16.9. The first kappa shape index (κ1) is 20.8. The molecule has 0 aliphatic heterocycles. The minimum atomic E-state index is -4.51. The summed E-state index contributed by atoms with van der Waals surface area (Å²) in [6, 6.07) is 17.5. The van der Waals surface area contributed by atoms with Gasteiger partial charge in [-0.1, -0.05) is 24.3 Å². The number of alkyl halides is 3. The van der Waals surface area contributed by atoms with Crippen LogP contribution in [0.3, 0.4) is 0 Å². The van der Waals surface area contributed by atoms with E-state index in [-0.39, 0.29) is 16.9 Å². The molecule has 0 radical (unpaired) electrons. The smallest absolute Gasteiger partial charge is 0.322 e. The number of rotatable bonds is 4. The van der Waals surface area contributed by atoms with E-state index in [2.05, 4.69) is 33.2 Å². The summed E-state index contributed by atoms with van der Waals surface area (Å²) in [5, 5.41) is 5.12. The minimum Gasteiger partial charge on any atom is -0.322 e. The average molecular weight is 510 g/mol. The van der Waals surface area contributed by atoms with Gasteiger partial charge in [0.05, 0.1) is 16.8 Å². The highest BCUT2D eigenvalue weighted by Gasteiger charge is 2.30. The molecule has 0 spiro atoms. The van der Waals surface area contributed by atoms with Crippen molar-refractivity contribution in [2.75, 3.05) is 10.6 Å². The Morgan fingerprint density at radius 3 is 2.24 bits per heavy atom. The third-order valence-electron chi connectivity index (χ3n) is 3.95. The highest BCUT2D eigenvalue weighted by atomic mass is 127. The lowest BCUT2D eigenvalue weighted by molar-refractivity contribution is -0.137. The predicted octanol–water partition coefficient (Wildman–Crippen LogP) is 5.81. The van der Waals surface area contributed by atoms with E-state index in [4.69, 9.17) is 0 Å². The van der Waals surface area contributed by atoms with E-state index in [0.29, 0.717) is 5.56 Å². The fourth-order valence-corrected chi connectivity index (χ4v) is 3.13. The number of hydrogen-bond donors (Lipinski definition) is 2. The number of carbonyl (C=O) groups excluding carboxylic acids is 2. The average Bonchev–Trinajstić information content (AvgIpc) is 2.68. The molecule has 0 aliphatic rings. The van der Waals surface area contributed by atoms with Crippen LogP contribution >= 0.6 is 22.6 Å². The summed E-state index contributed by atoms with van der Waals surface area (Å²) in [6.07, 6.45) is -4.51. The third kappa shape index (κ3) is 5.35. The van der Waals surface area contributed by atoms with Crippen molar-refractivity contribution in [3.8, 4) is 0 Å². The first-order valence-electron chi connectivity index (χ1n) is 8.38. The SMILES string of the molecule is O=C(Nc1ccccc1C(=O)Nc1cccc(C(F)(F)F)c1)c1cccc(I)c1. The number of anilines is 2. The first-order valence-corrected chi connectivity index (χ1v) is 9.46. The predicted molar refractivity (Wildman–Crippen MR) is 113 cm³/mol. The monoisotopic (exact) mass is 510 g/mol. The topological polar surface area (TPSA) is 58.2 Å². The van der Waals surface area contributed by atoms with Gasteiger partial charge >= 0.3 is 6.18 Å². The zero-order chi connectivity index (χ0) is 21.0. The second kappa shape index (κ2) is 8.64. The fourth-order valence-electron chi connectivity index (χ4n) is 2.59. The van der Waals surface area contributed by atoms with Crippen LogP contribution in [0, 0.1) is 3.57 Å². The van der Waals surface area contributed by atoms with Crippen molar-refractivity contribution < 1.29 is 22.8 Å². The van der Waals surface area contributed by atoms with Crippen molar-refractivity contribution in [3.05, 3.63) is 93.1 Å². The molecule has 0 saturated carbocycles. The summed E-state index contributed by atoms with van der Waals surface area (Å²) in [5.41, 5.74) is -0.0612. The number of hydrogen-bond acceptors (Lipinski definition) is 2. The van der Waals surface area contributed by atoms with Crippen LogP contribution in [0.4, 0.5) is 24.5 Å². The Labute approximate surface area is 178 Å². The van der Waals surface area contributed by atoms with Gasteiger partial charge in [-0.05, 0) is 71.1 Å². The molecule has 0 fully saturated rings. The molecule has 0 unspecified atom stereocenters. The van der Waals surface area contributed by atoms with Gasteiger partial charge in [0, 0.05) is 14.8 Å². The second-order valence-corrected chi connectivity index (χ2v) is 7.29. The Morgan fingerprint density at radius 2 is 1.52 bits per heavy atom. The molecule has 2 N–H and O–H groups in total. The highest BCUT2D eigenvalue weighted by molar-refractivity contribution is 14.1. The van der Waals surface area contributed by atoms with E-state index in [1.165, 1.54) is 18.2 Å². The van der Waals surface area contributed by atoms with Gasteiger partial charge in [0.1, 0.15) is 0 Å². The zero-order valence-electron chi connectivity index (χ0n) is 14.8. The van der Waals surface area contributed by atoms with Gasteiger partial charge in [-0.15, -0.1) is 0 Å². The molecule has 148 valence electrons. The van der Waals surface area contributed by atoms with Crippen LogP contribution < -0.4 is 10.6 Å². The van der Waals surface area contributed by atoms with Crippen LogP contribution in [0.2, 0.25) is 0 Å². The maximum atomic E-state index is 12.9. The normalized spacial score (nSPS) is 11.0. The summed E-state index contributed by atoms with van der Waals surface area (Å²) in [5.74, 6) is -1.04. The number of benzene rings is 3. The molecule has 8 heteroatoms. The molecule has 29 heavy (non-hydrogen) atoms. The number of para-hydroxylation sites is 1. The molecule has 2 amide bonds. The summed E-state index contributed by atoms with van der Waals surface area (Å²) in [6.45, 7) is 0. The van der Waals surface area contributed by atoms with Crippen molar-refractivity contribution in [1.29, 1.82) is 0 Å². The fraction of sp³-hybridized carbons (Fsp3) is 0.0476. The van der Waals surface area contributed by atoms with Gasteiger partial charge in [-0.2, -0.15) is 13.2 Å². The number of amides is 2. The molecule has 4 nitrogen and oxygen atoms in total. The Kier molecular flexibility index (Phi) is 6.21. The molecule has 0 aliphatic carbocycles. The number of nitrogens with one attached hydrogen (secondary N) is 2. The highest BCUT2D eigenvalue weighted by Crippen LogP contribution is 2.31. The summed E-state index contributed by atoms with van der Waals surface area (Å²) in [7, 11) is 0. The Bertz CT molecular complexity index is 1070. The van der Waals surface area contributed by atoms with Crippen LogP contribution in [-0.2, 0) is 6.18 Å². The molecule has 0 aromatic heterocycles. The van der Waals surface area contributed by atoms with Crippen molar-refractivity contribution >= 4 is 45.8 Å². The number of halogens is 4. The molecule has 3 rings (SSSR count). The van der Waals surface area contributed by atoms with Gasteiger partial charge in [-0.25, -0.2) is 0 Å². The van der Waals surface area contributed by atoms with E-state index in [1.54, 1.807) is 36.4 Å². The van der Waals surface area contributed by atoms with Gasteiger partial charge in [0.25, 0.3) is 11.8 Å².